The molecule has 302 valence electrons. The first kappa shape index (κ1) is 47.9. The fourth-order valence-electron chi connectivity index (χ4n) is 3.75. The molecule has 0 saturated carbocycles. The molecule has 0 aromatic heterocycles. The number of amides is 1. The molecule has 26 heteroatoms. The molecule has 0 saturated heterocycles. The summed E-state index contributed by atoms with van der Waals surface area (Å²) >= 11 is 0. The molecule has 0 aliphatic carbocycles. The van der Waals surface area contributed by atoms with E-state index in [4.69, 9.17) is 11.6 Å². The van der Waals surface area contributed by atoms with Crippen molar-refractivity contribution in [2.24, 2.45) is 22.5 Å². The molecule has 0 aliphatic heterocycles. The lowest BCUT2D eigenvalue weighted by Crippen LogP contribution is -2.74. The van der Waals surface area contributed by atoms with Crippen molar-refractivity contribution >= 4 is 17.8 Å². The van der Waals surface area contributed by atoms with Crippen LogP contribution >= 0.6 is 0 Å². The van der Waals surface area contributed by atoms with Crippen LogP contribution in [0.1, 0.15) is 44.9 Å². The molecule has 0 bridgehead atoms. The van der Waals surface area contributed by atoms with Crippen molar-refractivity contribution in [3.63, 3.8) is 0 Å². The third kappa shape index (κ3) is 10.7. The summed E-state index contributed by atoms with van der Waals surface area (Å²) < 4.78 is 233. The van der Waals surface area contributed by atoms with Gasteiger partial charge in [0.1, 0.15) is 0 Å². The molecule has 0 fully saturated rings. The van der Waals surface area contributed by atoms with Gasteiger partial charge in [0.2, 0.25) is 5.91 Å². The highest BCUT2D eigenvalue weighted by molar-refractivity contribution is 5.83. The normalized spacial score (nSPS) is 15.1. The van der Waals surface area contributed by atoms with Gasteiger partial charge in [-0.3, -0.25) is 14.6 Å². The first-order valence-corrected chi connectivity index (χ1v) is 14.3. The molecule has 0 aromatic rings. The Labute approximate surface area is 278 Å². The van der Waals surface area contributed by atoms with Gasteiger partial charge in [-0.15, -0.1) is 0 Å². The smallest absolute Gasteiger partial charge is 0.460 e. The molecule has 0 aliphatic rings. The Morgan fingerprint density at radius 1 is 0.706 bits per heavy atom. The zero-order valence-electron chi connectivity index (χ0n) is 26.5. The fraction of sp³-hybridized carbons (Fsp3) is 0.880. The number of carbonyl (C=O) groups is 2. The summed E-state index contributed by atoms with van der Waals surface area (Å²) in [7, 11) is 3.06. The lowest BCUT2D eigenvalue weighted by atomic mass is 9.88. The van der Waals surface area contributed by atoms with Gasteiger partial charge >= 0.3 is 53.6 Å². The van der Waals surface area contributed by atoms with Crippen LogP contribution in [0.15, 0.2) is 4.99 Å². The lowest BCUT2D eigenvalue weighted by Gasteiger charge is -2.42. The van der Waals surface area contributed by atoms with E-state index in [2.05, 4.69) is 19.9 Å². The van der Waals surface area contributed by atoms with Crippen LogP contribution in [0.3, 0.4) is 0 Å². The molecule has 0 heterocycles. The lowest BCUT2D eigenvalue weighted by molar-refractivity contribution is -0.461. The number of nitrogens with two attached hydrogens (primary N) is 2. The largest absolute Gasteiger partial charge is 0.465 e. The average molecular weight is 792 g/mol. The molecular formula is C25H34F17N5O4. The summed E-state index contributed by atoms with van der Waals surface area (Å²) in [4.78, 5) is 34.5. The van der Waals surface area contributed by atoms with E-state index in [0.29, 0.717) is 19.3 Å². The van der Waals surface area contributed by atoms with Crippen molar-refractivity contribution in [2.75, 3.05) is 40.4 Å². The minimum absolute atomic E-state index is 0.0269. The van der Waals surface area contributed by atoms with Crippen molar-refractivity contribution in [3.8, 4) is 0 Å². The molecule has 1 amide bonds. The monoisotopic (exact) mass is 791 g/mol. The van der Waals surface area contributed by atoms with Gasteiger partial charge in [-0.1, -0.05) is 0 Å². The zero-order chi connectivity index (χ0) is 40.5. The summed E-state index contributed by atoms with van der Waals surface area (Å²) in [6.45, 7) is -1.92. The summed E-state index contributed by atoms with van der Waals surface area (Å²) in [6.07, 6.45) is -10.6. The number of nitrogens with one attached hydrogen (secondary N) is 1. The fourth-order valence-corrected chi connectivity index (χ4v) is 3.75. The quantitative estimate of drug-likeness (QED) is 0.0317. The van der Waals surface area contributed by atoms with E-state index in [9.17, 15) is 84.2 Å². The van der Waals surface area contributed by atoms with Crippen molar-refractivity contribution in [1.82, 2.24) is 10.2 Å². The van der Waals surface area contributed by atoms with E-state index in [-0.39, 0.29) is 38.5 Å². The van der Waals surface area contributed by atoms with E-state index in [1.54, 1.807) is 0 Å². The molecule has 0 unspecified atom stereocenters. The summed E-state index contributed by atoms with van der Waals surface area (Å²) in [5, 5.41) is 2.42. The van der Waals surface area contributed by atoms with E-state index >= 15 is 0 Å². The van der Waals surface area contributed by atoms with E-state index in [1.165, 1.54) is 19.0 Å². The SMILES string of the molecule is CN(C)C(N)=NCCC[C@H](CC(=O)OCCC(F)(F)C(F)(F)C(F)(F)C(F)(F)C(F)(F)C(F)(F)C(F)(F)C(F)(F)F)C(=O)NCCCCCON. The summed E-state index contributed by atoms with van der Waals surface area (Å²) in [5.74, 6) is -56.3. The number of hydrogen-bond donors (Lipinski definition) is 3. The summed E-state index contributed by atoms with van der Waals surface area (Å²) in [6, 6.07) is 0. The maximum atomic E-state index is 14.1. The second-order valence-corrected chi connectivity index (χ2v) is 11.0. The predicted octanol–water partition coefficient (Wildman–Crippen LogP) is 5.77. The average Bonchev–Trinajstić information content (AvgIpc) is 2.98. The number of aliphatic imine (C=N–C) groups is 1. The zero-order valence-corrected chi connectivity index (χ0v) is 26.5. The molecule has 0 rings (SSSR count). The maximum Gasteiger partial charge on any atom is 0.460 e. The Hall–Kier alpha value is -3.06. The minimum atomic E-state index is -8.74. The van der Waals surface area contributed by atoms with Gasteiger partial charge in [0, 0.05) is 33.1 Å². The molecule has 0 radical (unpaired) electrons. The van der Waals surface area contributed by atoms with Crippen LogP contribution in [0.5, 0.6) is 0 Å². The molecule has 9 nitrogen and oxygen atoms in total. The number of ether oxygens (including phenoxy) is 1. The third-order valence-electron chi connectivity index (χ3n) is 6.93. The van der Waals surface area contributed by atoms with Crippen molar-refractivity contribution in [3.05, 3.63) is 0 Å². The van der Waals surface area contributed by atoms with Crippen LogP contribution < -0.4 is 16.9 Å². The number of esters is 1. The standard InChI is InChI=1S/C25H34F17N5O4/c1-47(2)17(43)46-10-6-7-14(16(49)45-9-4-3-5-11-51-44)13-15(48)50-12-8-18(26,27)19(28,29)20(30,31)21(32,33)22(34,35)23(36,37)24(38,39)25(40,41)42/h14H,3-13,44H2,1-2H3,(H2,43,46)(H,45,49)/t14-/m1/s1. The second kappa shape index (κ2) is 17.6. The molecule has 0 spiro atoms. The molecule has 51 heavy (non-hydrogen) atoms. The van der Waals surface area contributed by atoms with Crippen LogP contribution in [0, 0.1) is 5.92 Å². The molecule has 0 aromatic carbocycles. The van der Waals surface area contributed by atoms with Crippen LogP contribution in [0.25, 0.3) is 0 Å². The first-order chi connectivity index (χ1) is 22.8. The Morgan fingerprint density at radius 2 is 1.20 bits per heavy atom. The number of unbranched alkanes of at least 4 members (excludes halogenated alkanes) is 2. The van der Waals surface area contributed by atoms with Gasteiger partial charge in [-0.05, 0) is 32.1 Å². The third-order valence-corrected chi connectivity index (χ3v) is 6.93. The number of carbonyl (C=O) groups excluding carboxylic acids is 2. The molecule has 5 N–H and O–H groups in total. The minimum Gasteiger partial charge on any atom is -0.465 e. The highest BCUT2D eigenvalue weighted by Gasteiger charge is 2.95. The van der Waals surface area contributed by atoms with Gasteiger partial charge in [0.05, 0.1) is 26.1 Å². The Balaban J connectivity index is 5.87. The highest BCUT2D eigenvalue weighted by Crippen LogP contribution is 2.64. The van der Waals surface area contributed by atoms with Crippen LogP contribution in [0.2, 0.25) is 0 Å². The van der Waals surface area contributed by atoms with Gasteiger partial charge in [0.25, 0.3) is 0 Å². The predicted molar refractivity (Wildman–Crippen MR) is 141 cm³/mol. The molecular weight excluding hydrogens is 757 g/mol. The highest BCUT2D eigenvalue weighted by atomic mass is 19.4. The van der Waals surface area contributed by atoms with Crippen molar-refractivity contribution in [1.29, 1.82) is 0 Å². The number of alkyl halides is 17. The number of halogens is 17. The topological polar surface area (TPSA) is 132 Å². The number of hydrogen-bond acceptors (Lipinski definition) is 6. The van der Waals surface area contributed by atoms with Gasteiger partial charge in [-0.2, -0.15) is 74.6 Å². The van der Waals surface area contributed by atoms with E-state index in [0.717, 1.165) is 0 Å². The van der Waals surface area contributed by atoms with Crippen molar-refractivity contribution in [2.45, 2.75) is 92.6 Å². The van der Waals surface area contributed by atoms with E-state index in [1.807, 2.05) is 0 Å². The Bertz CT molecular complexity index is 1170. The Morgan fingerprint density at radius 3 is 1.67 bits per heavy atom. The van der Waals surface area contributed by atoms with Gasteiger partial charge < -0.3 is 25.5 Å². The number of rotatable bonds is 22. The molecule has 1 atom stereocenters. The number of guanidine groups is 1. The van der Waals surface area contributed by atoms with E-state index < -0.39 is 84.9 Å². The number of nitrogens with zero attached hydrogens (tertiary/aromatic N) is 2. The summed E-state index contributed by atoms with van der Waals surface area (Å²) in [5.41, 5.74) is 5.59. The van der Waals surface area contributed by atoms with Gasteiger partial charge in [-0.25, -0.2) is 5.90 Å². The van der Waals surface area contributed by atoms with Crippen LogP contribution in [-0.2, 0) is 19.2 Å². The van der Waals surface area contributed by atoms with Crippen LogP contribution in [0.4, 0.5) is 74.6 Å². The van der Waals surface area contributed by atoms with Crippen molar-refractivity contribution < 1.29 is 93.8 Å². The second-order valence-electron chi connectivity index (χ2n) is 11.0. The maximum absolute atomic E-state index is 14.1. The van der Waals surface area contributed by atoms with Crippen LogP contribution in [-0.4, -0.2) is 111 Å². The first-order valence-electron chi connectivity index (χ1n) is 14.3. The Kier molecular flexibility index (Phi) is 16.6. The van der Waals surface area contributed by atoms with Gasteiger partial charge in [0.15, 0.2) is 5.96 Å².